The number of carboxylic acid groups (broad SMARTS) is 1. The summed E-state index contributed by atoms with van der Waals surface area (Å²) in [4.78, 5) is 11.2. The highest BCUT2D eigenvalue weighted by Crippen LogP contribution is 2.25. The third kappa shape index (κ3) is 3.45. The van der Waals surface area contributed by atoms with Crippen molar-refractivity contribution in [3.63, 3.8) is 0 Å². The van der Waals surface area contributed by atoms with E-state index in [4.69, 9.17) is 5.11 Å². The molecule has 1 aliphatic heterocycles. The van der Waals surface area contributed by atoms with Gasteiger partial charge in [-0.15, -0.1) is 0 Å². The quantitative estimate of drug-likeness (QED) is 0.726. The van der Waals surface area contributed by atoms with Crippen molar-refractivity contribution in [1.29, 1.82) is 0 Å². The van der Waals surface area contributed by atoms with Gasteiger partial charge in [0.05, 0.1) is 5.69 Å². The van der Waals surface area contributed by atoms with E-state index in [2.05, 4.69) is 4.72 Å². The lowest BCUT2D eigenvalue weighted by Crippen LogP contribution is -2.50. The third-order valence-corrected chi connectivity index (χ3v) is 5.03. The highest BCUT2D eigenvalue weighted by molar-refractivity contribution is 7.90. The summed E-state index contributed by atoms with van der Waals surface area (Å²) in [5.74, 6) is -1.10. The van der Waals surface area contributed by atoms with Crippen LogP contribution in [0.1, 0.15) is 24.8 Å². The van der Waals surface area contributed by atoms with Crippen molar-refractivity contribution < 1.29 is 23.4 Å². The molecule has 1 heterocycles. The molecule has 0 aliphatic carbocycles. The van der Waals surface area contributed by atoms with Crippen molar-refractivity contribution in [2.45, 2.75) is 32.2 Å². The number of aliphatic carboxylic acids is 1. The fourth-order valence-electron chi connectivity index (χ4n) is 2.40. The monoisotopic (exact) mass is 314 g/mol. The molecule has 1 fully saturated rings. The van der Waals surface area contributed by atoms with Crippen LogP contribution in [0.25, 0.3) is 0 Å². The zero-order chi connectivity index (χ0) is 15.6. The molecule has 1 saturated heterocycles. The van der Waals surface area contributed by atoms with Gasteiger partial charge in [0.2, 0.25) is 0 Å². The van der Waals surface area contributed by atoms with E-state index in [1.807, 2.05) is 0 Å². The normalized spacial score (nSPS) is 20.1. The molecule has 1 atom stereocenters. The van der Waals surface area contributed by atoms with Gasteiger partial charge in [0.15, 0.2) is 0 Å². The maximum atomic E-state index is 12.4. The van der Waals surface area contributed by atoms with Gasteiger partial charge in [0.1, 0.15) is 11.8 Å². The maximum Gasteiger partial charge on any atom is 0.322 e. The first-order valence-corrected chi connectivity index (χ1v) is 8.07. The van der Waals surface area contributed by atoms with Crippen molar-refractivity contribution >= 4 is 21.9 Å². The number of carbonyl (C=O) groups is 1. The minimum absolute atomic E-state index is 0.0387. The molecule has 0 amide bonds. The van der Waals surface area contributed by atoms with Gasteiger partial charge in [-0.25, -0.2) is 0 Å². The molecule has 7 nitrogen and oxygen atoms in total. The fourth-order valence-corrected chi connectivity index (χ4v) is 3.92. The molecule has 2 rings (SSSR count). The molecule has 8 heteroatoms. The number of aromatic hydroxyl groups is 1. The number of phenolic OH excluding ortho intramolecular Hbond substituents is 1. The van der Waals surface area contributed by atoms with Gasteiger partial charge in [0.25, 0.3) is 0 Å². The Morgan fingerprint density at radius 3 is 2.71 bits per heavy atom. The van der Waals surface area contributed by atoms with Gasteiger partial charge in [-0.1, -0.05) is 0 Å². The Balaban J connectivity index is 2.26. The molecule has 0 saturated carbocycles. The lowest BCUT2D eigenvalue weighted by Gasteiger charge is -2.32. The van der Waals surface area contributed by atoms with E-state index in [1.54, 1.807) is 6.92 Å². The van der Waals surface area contributed by atoms with E-state index in [-0.39, 0.29) is 12.3 Å². The maximum absolute atomic E-state index is 12.4. The summed E-state index contributed by atoms with van der Waals surface area (Å²) in [6.07, 6.45) is 1.64. The van der Waals surface area contributed by atoms with Gasteiger partial charge >= 0.3 is 16.2 Å². The standard InChI is InChI=1S/C13H18N2O5S/c1-9-8-10(16)5-6-11(9)14-21(19,20)15-7-3-2-4-12(15)13(17)18/h5-6,8,12,14,16H,2-4,7H2,1H3,(H,17,18). The summed E-state index contributed by atoms with van der Waals surface area (Å²) in [7, 11) is -3.95. The van der Waals surface area contributed by atoms with Crippen molar-refractivity contribution in [2.75, 3.05) is 11.3 Å². The van der Waals surface area contributed by atoms with Crippen LogP contribution < -0.4 is 4.72 Å². The predicted molar refractivity (Wildman–Crippen MR) is 77.4 cm³/mol. The van der Waals surface area contributed by atoms with Gasteiger partial charge in [-0.05, 0) is 49.9 Å². The number of phenols is 1. The number of hydrogen-bond donors (Lipinski definition) is 3. The van der Waals surface area contributed by atoms with Crippen molar-refractivity contribution in [3.8, 4) is 5.75 Å². The summed E-state index contributed by atoms with van der Waals surface area (Å²) in [6, 6.07) is 3.22. The first-order chi connectivity index (χ1) is 9.81. The van der Waals surface area contributed by atoms with Gasteiger partial charge in [-0.2, -0.15) is 12.7 Å². The lowest BCUT2D eigenvalue weighted by molar-refractivity contribution is -0.142. The number of benzene rings is 1. The summed E-state index contributed by atoms with van der Waals surface area (Å²) < 4.78 is 28.2. The highest BCUT2D eigenvalue weighted by atomic mass is 32.2. The second kappa shape index (κ2) is 5.90. The Bertz CT molecular complexity index is 644. The van der Waals surface area contributed by atoms with Crippen LogP contribution in [0.5, 0.6) is 5.75 Å². The number of anilines is 1. The Morgan fingerprint density at radius 1 is 1.38 bits per heavy atom. The Kier molecular flexibility index (Phi) is 4.38. The molecule has 1 aromatic rings. The zero-order valence-electron chi connectivity index (χ0n) is 11.6. The van der Waals surface area contributed by atoms with Crippen LogP contribution in [0.15, 0.2) is 18.2 Å². The van der Waals surface area contributed by atoms with E-state index >= 15 is 0 Å². The van der Waals surface area contributed by atoms with Gasteiger partial charge in [0, 0.05) is 6.54 Å². The van der Waals surface area contributed by atoms with E-state index in [1.165, 1.54) is 18.2 Å². The van der Waals surface area contributed by atoms with Crippen LogP contribution >= 0.6 is 0 Å². The summed E-state index contributed by atoms with van der Waals surface area (Å²) >= 11 is 0. The van der Waals surface area contributed by atoms with Crippen molar-refractivity contribution in [2.24, 2.45) is 0 Å². The molecule has 1 aliphatic rings. The van der Waals surface area contributed by atoms with Crippen LogP contribution in [0, 0.1) is 6.92 Å². The van der Waals surface area contributed by atoms with Crippen LogP contribution in [-0.4, -0.2) is 41.5 Å². The summed E-state index contributed by atoms with van der Waals surface area (Å²) in [5.41, 5.74) is 0.880. The van der Waals surface area contributed by atoms with Crippen LogP contribution in [0.3, 0.4) is 0 Å². The van der Waals surface area contributed by atoms with Crippen LogP contribution in [0.2, 0.25) is 0 Å². The van der Waals surface area contributed by atoms with Crippen molar-refractivity contribution in [3.05, 3.63) is 23.8 Å². The highest BCUT2D eigenvalue weighted by Gasteiger charge is 2.36. The molecule has 116 valence electrons. The molecule has 0 spiro atoms. The number of nitrogens with one attached hydrogen (secondary N) is 1. The molecule has 1 unspecified atom stereocenters. The van der Waals surface area contributed by atoms with E-state index < -0.39 is 22.2 Å². The topological polar surface area (TPSA) is 107 Å². The average Bonchev–Trinajstić information content (AvgIpc) is 2.42. The molecular weight excluding hydrogens is 296 g/mol. The van der Waals surface area contributed by atoms with Crippen LogP contribution in [-0.2, 0) is 15.0 Å². The van der Waals surface area contributed by atoms with E-state index in [9.17, 15) is 18.3 Å². The number of rotatable bonds is 4. The van der Waals surface area contributed by atoms with Gasteiger partial charge in [-0.3, -0.25) is 9.52 Å². The largest absolute Gasteiger partial charge is 0.508 e. The average molecular weight is 314 g/mol. The lowest BCUT2D eigenvalue weighted by atomic mass is 10.1. The molecule has 0 bridgehead atoms. The van der Waals surface area contributed by atoms with Gasteiger partial charge < -0.3 is 10.2 Å². The van der Waals surface area contributed by atoms with E-state index in [0.29, 0.717) is 30.5 Å². The molecular formula is C13H18N2O5S. The molecule has 1 aromatic carbocycles. The van der Waals surface area contributed by atoms with E-state index in [0.717, 1.165) is 4.31 Å². The predicted octanol–water partition coefficient (Wildman–Crippen LogP) is 1.30. The first-order valence-electron chi connectivity index (χ1n) is 6.63. The smallest absolute Gasteiger partial charge is 0.322 e. The Morgan fingerprint density at radius 2 is 2.10 bits per heavy atom. The molecule has 0 aromatic heterocycles. The molecule has 3 N–H and O–H groups in total. The number of nitrogens with zero attached hydrogens (tertiary/aromatic N) is 1. The Labute approximate surface area is 123 Å². The number of hydrogen-bond acceptors (Lipinski definition) is 4. The second-order valence-electron chi connectivity index (χ2n) is 5.07. The second-order valence-corrected chi connectivity index (χ2v) is 6.69. The SMILES string of the molecule is Cc1cc(O)ccc1NS(=O)(=O)N1CCCCC1C(=O)O. The number of piperidine rings is 1. The fraction of sp³-hybridized carbons (Fsp3) is 0.462. The van der Waals surface area contributed by atoms with Crippen molar-refractivity contribution in [1.82, 2.24) is 4.31 Å². The van der Waals surface area contributed by atoms with Crippen LogP contribution in [0.4, 0.5) is 5.69 Å². The first kappa shape index (κ1) is 15.6. The zero-order valence-corrected chi connectivity index (χ0v) is 12.4. The third-order valence-electron chi connectivity index (χ3n) is 3.50. The molecule has 21 heavy (non-hydrogen) atoms. The number of aryl methyl sites for hydroxylation is 1. The summed E-state index contributed by atoms with van der Waals surface area (Å²) in [5, 5.41) is 18.5. The number of carboxylic acids is 1. The molecule has 0 radical (unpaired) electrons. The minimum atomic E-state index is -3.95. The minimum Gasteiger partial charge on any atom is -0.508 e. The summed E-state index contributed by atoms with van der Waals surface area (Å²) in [6.45, 7) is 1.84. The Hall–Kier alpha value is -1.80.